The van der Waals surface area contributed by atoms with Crippen LogP contribution in [0.5, 0.6) is 0 Å². The molecule has 0 heterocycles. The lowest BCUT2D eigenvalue weighted by Crippen LogP contribution is -2.30. The minimum Gasteiger partial charge on any atom is -0.377 e. The summed E-state index contributed by atoms with van der Waals surface area (Å²) in [6, 6.07) is 6.67. The van der Waals surface area contributed by atoms with Gasteiger partial charge >= 0.3 is 0 Å². The molecular formula is C12H18BrNO3S. The van der Waals surface area contributed by atoms with Crippen LogP contribution < -0.4 is 0 Å². The summed E-state index contributed by atoms with van der Waals surface area (Å²) < 4.78 is 31.8. The van der Waals surface area contributed by atoms with Gasteiger partial charge in [0.05, 0.1) is 17.6 Å². The average Bonchev–Trinajstić information content (AvgIpc) is 2.28. The van der Waals surface area contributed by atoms with Crippen molar-refractivity contribution in [3.8, 4) is 0 Å². The van der Waals surface area contributed by atoms with E-state index in [-0.39, 0.29) is 11.0 Å². The number of hydrogen-bond acceptors (Lipinski definition) is 3. The highest BCUT2D eigenvalue weighted by Gasteiger charge is 2.20. The zero-order chi connectivity index (χ0) is 13.8. The minimum atomic E-state index is -3.44. The molecule has 0 radical (unpaired) electrons. The summed E-state index contributed by atoms with van der Waals surface area (Å²) in [5, 5.41) is 0. The molecule has 1 aromatic carbocycles. The molecule has 0 unspecified atom stereocenters. The molecule has 0 bridgehead atoms. The Labute approximate surface area is 117 Å². The first-order valence-corrected chi connectivity index (χ1v) is 7.91. The van der Waals surface area contributed by atoms with Crippen LogP contribution in [0.1, 0.15) is 13.8 Å². The molecule has 0 amide bonds. The van der Waals surface area contributed by atoms with E-state index >= 15 is 0 Å². The summed E-state index contributed by atoms with van der Waals surface area (Å²) >= 11 is 3.27. The number of sulfonamides is 1. The molecule has 0 atom stereocenters. The van der Waals surface area contributed by atoms with E-state index in [0.717, 1.165) is 4.47 Å². The van der Waals surface area contributed by atoms with E-state index in [1.165, 1.54) is 4.31 Å². The van der Waals surface area contributed by atoms with Crippen LogP contribution in [-0.2, 0) is 14.8 Å². The number of hydrogen-bond donors (Lipinski definition) is 0. The Bertz CT molecular complexity index is 488. The summed E-state index contributed by atoms with van der Waals surface area (Å²) in [5.74, 6) is 0. The van der Waals surface area contributed by atoms with Crippen molar-refractivity contribution in [2.75, 3.05) is 20.2 Å². The number of halogens is 1. The second-order valence-corrected chi connectivity index (χ2v) is 7.16. The van der Waals surface area contributed by atoms with Crippen molar-refractivity contribution in [1.82, 2.24) is 4.31 Å². The number of likely N-dealkylation sites (N-methyl/N-ethyl adjacent to an activating group) is 1. The van der Waals surface area contributed by atoms with Gasteiger partial charge in [-0.05, 0) is 32.0 Å². The third-order valence-corrected chi connectivity index (χ3v) is 4.71. The standard InChI is InChI=1S/C12H18BrNO3S/c1-10(2)17-8-7-14(3)18(15,16)12-6-4-5-11(13)9-12/h4-6,9-10H,7-8H2,1-3H3. The van der Waals surface area contributed by atoms with Crippen molar-refractivity contribution in [1.29, 1.82) is 0 Å². The van der Waals surface area contributed by atoms with Crippen molar-refractivity contribution in [2.45, 2.75) is 24.8 Å². The molecule has 0 aliphatic carbocycles. The SMILES string of the molecule is CC(C)OCCN(C)S(=O)(=O)c1cccc(Br)c1. The zero-order valence-electron chi connectivity index (χ0n) is 10.8. The fourth-order valence-electron chi connectivity index (χ4n) is 1.34. The van der Waals surface area contributed by atoms with Crippen LogP contribution in [0.15, 0.2) is 33.6 Å². The maximum absolute atomic E-state index is 12.2. The van der Waals surface area contributed by atoms with Gasteiger partial charge in [-0.15, -0.1) is 0 Å². The molecule has 0 fully saturated rings. The molecular weight excluding hydrogens is 318 g/mol. The first-order valence-electron chi connectivity index (χ1n) is 5.67. The van der Waals surface area contributed by atoms with Crippen molar-refractivity contribution < 1.29 is 13.2 Å². The molecule has 0 aromatic heterocycles. The van der Waals surface area contributed by atoms with Gasteiger partial charge in [-0.2, -0.15) is 4.31 Å². The molecule has 0 N–H and O–H groups in total. The highest BCUT2D eigenvalue weighted by molar-refractivity contribution is 9.10. The highest BCUT2D eigenvalue weighted by atomic mass is 79.9. The fraction of sp³-hybridized carbons (Fsp3) is 0.500. The summed E-state index contributed by atoms with van der Waals surface area (Å²) in [6.45, 7) is 4.57. The summed E-state index contributed by atoms with van der Waals surface area (Å²) in [5.41, 5.74) is 0. The molecule has 4 nitrogen and oxygen atoms in total. The number of rotatable bonds is 6. The molecule has 0 aliphatic heterocycles. The molecule has 0 spiro atoms. The van der Waals surface area contributed by atoms with E-state index < -0.39 is 10.0 Å². The van der Waals surface area contributed by atoms with Gasteiger partial charge in [-0.25, -0.2) is 8.42 Å². The van der Waals surface area contributed by atoms with E-state index in [0.29, 0.717) is 13.2 Å². The Kier molecular flexibility index (Phi) is 5.78. The summed E-state index contributed by atoms with van der Waals surface area (Å²) in [4.78, 5) is 0.281. The number of benzene rings is 1. The van der Waals surface area contributed by atoms with E-state index in [2.05, 4.69) is 15.9 Å². The Morgan fingerprint density at radius 1 is 1.39 bits per heavy atom. The van der Waals surface area contributed by atoms with Crippen molar-refractivity contribution in [3.63, 3.8) is 0 Å². The van der Waals surface area contributed by atoms with Gasteiger partial charge in [0.25, 0.3) is 0 Å². The molecule has 1 rings (SSSR count). The van der Waals surface area contributed by atoms with E-state index in [9.17, 15) is 8.42 Å². The zero-order valence-corrected chi connectivity index (χ0v) is 13.2. The lowest BCUT2D eigenvalue weighted by atomic mass is 10.4. The third-order valence-electron chi connectivity index (χ3n) is 2.36. The maximum atomic E-state index is 12.2. The molecule has 0 saturated carbocycles. The lowest BCUT2D eigenvalue weighted by Gasteiger charge is -2.18. The van der Waals surface area contributed by atoms with Crippen LogP contribution in [0.4, 0.5) is 0 Å². The summed E-state index contributed by atoms with van der Waals surface area (Å²) in [6.07, 6.45) is 0.104. The first-order chi connectivity index (χ1) is 8.34. The Morgan fingerprint density at radius 3 is 2.61 bits per heavy atom. The number of ether oxygens (including phenoxy) is 1. The predicted molar refractivity (Wildman–Crippen MR) is 75.0 cm³/mol. The maximum Gasteiger partial charge on any atom is 0.242 e. The quantitative estimate of drug-likeness (QED) is 0.802. The third kappa shape index (κ3) is 4.35. The van der Waals surface area contributed by atoms with Crippen molar-refractivity contribution in [3.05, 3.63) is 28.7 Å². The van der Waals surface area contributed by atoms with Crippen LogP contribution in [0, 0.1) is 0 Å². The molecule has 0 aliphatic rings. The van der Waals surface area contributed by atoms with Crippen LogP contribution >= 0.6 is 15.9 Å². The van der Waals surface area contributed by atoms with E-state index in [4.69, 9.17) is 4.74 Å². The van der Waals surface area contributed by atoms with Crippen LogP contribution in [0.25, 0.3) is 0 Å². The Hall–Kier alpha value is -0.430. The van der Waals surface area contributed by atoms with Gasteiger partial charge < -0.3 is 4.74 Å². The van der Waals surface area contributed by atoms with Gasteiger partial charge in [0.15, 0.2) is 0 Å². The van der Waals surface area contributed by atoms with Gasteiger partial charge in [0, 0.05) is 18.1 Å². The topological polar surface area (TPSA) is 46.6 Å². The normalized spacial score (nSPS) is 12.3. The van der Waals surface area contributed by atoms with E-state index in [1.807, 2.05) is 13.8 Å². The summed E-state index contributed by atoms with van der Waals surface area (Å²) in [7, 11) is -1.88. The average molecular weight is 336 g/mol. The lowest BCUT2D eigenvalue weighted by molar-refractivity contribution is 0.0737. The monoisotopic (exact) mass is 335 g/mol. The fourth-order valence-corrected chi connectivity index (χ4v) is 3.10. The molecule has 1 aromatic rings. The highest BCUT2D eigenvalue weighted by Crippen LogP contribution is 2.18. The first kappa shape index (κ1) is 15.6. The molecule has 6 heteroatoms. The smallest absolute Gasteiger partial charge is 0.242 e. The predicted octanol–water partition coefficient (Wildman–Crippen LogP) is 2.49. The Morgan fingerprint density at radius 2 is 2.06 bits per heavy atom. The molecule has 0 saturated heterocycles. The molecule has 102 valence electrons. The Balaban J connectivity index is 2.74. The largest absolute Gasteiger partial charge is 0.377 e. The second kappa shape index (κ2) is 6.65. The van der Waals surface area contributed by atoms with Crippen LogP contribution in [0.2, 0.25) is 0 Å². The van der Waals surface area contributed by atoms with Gasteiger partial charge in [0.2, 0.25) is 10.0 Å². The van der Waals surface area contributed by atoms with Gasteiger partial charge in [0.1, 0.15) is 0 Å². The number of nitrogens with zero attached hydrogens (tertiary/aromatic N) is 1. The van der Waals surface area contributed by atoms with Crippen molar-refractivity contribution in [2.24, 2.45) is 0 Å². The van der Waals surface area contributed by atoms with Crippen LogP contribution in [0.3, 0.4) is 0 Å². The van der Waals surface area contributed by atoms with Crippen LogP contribution in [-0.4, -0.2) is 39.0 Å². The second-order valence-electron chi connectivity index (χ2n) is 4.20. The minimum absolute atomic E-state index is 0.104. The van der Waals surface area contributed by atoms with E-state index in [1.54, 1.807) is 31.3 Å². The van der Waals surface area contributed by atoms with Crippen molar-refractivity contribution >= 4 is 26.0 Å². The van der Waals surface area contributed by atoms with Gasteiger partial charge in [-0.3, -0.25) is 0 Å². The molecule has 18 heavy (non-hydrogen) atoms. The van der Waals surface area contributed by atoms with Gasteiger partial charge in [-0.1, -0.05) is 22.0 Å².